The number of likely N-dealkylation sites (tertiary alicyclic amines) is 1. The monoisotopic (exact) mass is 643 g/mol. The third-order valence-corrected chi connectivity index (χ3v) is 7.71. The molecule has 2 aromatic carbocycles. The van der Waals surface area contributed by atoms with Crippen LogP contribution >= 0.6 is 17.0 Å². The maximum Gasteiger partial charge on any atom is 0.326 e. The number of phenols is 1. The fourth-order valence-corrected chi connectivity index (χ4v) is 5.44. The van der Waals surface area contributed by atoms with Crippen molar-refractivity contribution in [1.29, 1.82) is 5.41 Å². The Labute approximate surface area is 255 Å². The third kappa shape index (κ3) is 6.13. The summed E-state index contributed by atoms with van der Waals surface area (Å²) in [6.07, 6.45) is 0.297. The first kappa shape index (κ1) is 32.6. The Morgan fingerprint density at radius 2 is 1.81 bits per heavy atom. The number of rotatable bonds is 8. The van der Waals surface area contributed by atoms with Crippen molar-refractivity contribution in [3.05, 3.63) is 57.6 Å². The van der Waals surface area contributed by atoms with Gasteiger partial charge in [0.15, 0.2) is 5.78 Å². The number of fused-ring (bicyclic) bond motifs is 1. The van der Waals surface area contributed by atoms with Crippen LogP contribution < -0.4 is 10.2 Å². The van der Waals surface area contributed by atoms with Crippen molar-refractivity contribution in [3.8, 4) is 5.75 Å². The molecule has 2 aliphatic heterocycles. The van der Waals surface area contributed by atoms with E-state index in [4.69, 9.17) is 5.41 Å². The Morgan fingerprint density at radius 1 is 1.14 bits per heavy atom. The summed E-state index contributed by atoms with van der Waals surface area (Å²) >= 11 is 0. The molecule has 4 N–H and O–H groups in total. The lowest BCUT2D eigenvalue weighted by Crippen LogP contribution is -2.38. The van der Waals surface area contributed by atoms with Gasteiger partial charge in [0.2, 0.25) is 5.91 Å². The number of anilines is 1. The largest absolute Gasteiger partial charge is 0.507 e. The van der Waals surface area contributed by atoms with E-state index in [9.17, 15) is 29.4 Å². The smallest absolute Gasteiger partial charge is 0.326 e. The fraction of sp³-hybridized carbons (Fsp3) is 0.433. The molecule has 0 radical (unpaired) electrons. The number of carboxylic acids is 1. The van der Waals surface area contributed by atoms with E-state index in [2.05, 4.69) is 5.32 Å². The van der Waals surface area contributed by atoms with Crippen LogP contribution in [0.3, 0.4) is 0 Å². The summed E-state index contributed by atoms with van der Waals surface area (Å²) in [5.74, 6) is -1.93. The molecule has 0 bridgehead atoms. The number of aromatic hydroxyl groups is 1. The topological polar surface area (TPSA) is 154 Å². The number of nitrogens with zero attached hydrogens (tertiary/aromatic N) is 3. The van der Waals surface area contributed by atoms with Gasteiger partial charge in [-0.2, -0.15) is 0 Å². The van der Waals surface area contributed by atoms with Crippen LogP contribution in [0.4, 0.5) is 5.69 Å². The molecule has 2 amide bonds. The van der Waals surface area contributed by atoms with Crippen LogP contribution in [0.5, 0.6) is 5.75 Å². The third-order valence-electron chi connectivity index (χ3n) is 7.71. The highest BCUT2D eigenvalue weighted by molar-refractivity contribution is 8.93. The molecule has 2 aliphatic rings. The van der Waals surface area contributed by atoms with Gasteiger partial charge < -0.3 is 30.2 Å². The summed E-state index contributed by atoms with van der Waals surface area (Å²) in [7, 11) is 5.21. The lowest BCUT2D eigenvalue weighted by Gasteiger charge is -2.27. The fourth-order valence-electron chi connectivity index (χ4n) is 5.44. The summed E-state index contributed by atoms with van der Waals surface area (Å²) in [6.45, 7) is 5.73. The Kier molecular flexibility index (Phi) is 9.41. The summed E-state index contributed by atoms with van der Waals surface area (Å²) in [6, 6.07) is 5.69. The zero-order valence-corrected chi connectivity index (χ0v) is 26.4. The molecule has 2 aromatic rings. The van der Waals surface area contributed by atoms with Gasteiger partial charge >= 0.3 is 5.97 Å². The molecule has 0 saturated carbocycles. The van der Waals surface area contributed by atoms with Crippen LogP contribution in [0.15, 0.2) is 24.3 Å². The number of carbonyl (C=O) groups excluding carboxylic acids is 3. The Balaban J connectivity index is 0.00000484. The number of aliphatic carboxylic acids is 1. The van der Waals surface area contributed by atoms with Crippen LogP contribution in [0.2, 0.25) is 0 Å². The lowest BCUT2D eigenvalue weighted by atomic mass is 9.83. The molecule has 0 aromatic heterocycles. The first-order chi connectivity index (χ1) is 19.1. The number of amidine groups is 1. The van der Waals surface area contributed by atoms with Crippen molar-refractivity contribution in [2.75, 3.05) is 32.6 Å². The zero-order valence-electron chi connectivity index (χ0n) is 24.7. The minimum Gasteiger partial charge on any atom is -0.507 e. The predicted octanol–water partition coefficient (Wildman–Crippen LogP) is 3.29. The molecule has 4 rings (SSSR count). The van der Waals surface area contributed by atoms with Crippen molar-refractivity contribution in [3.63, 3.8) is 0 Å². The number of phenolic OH excluding ortho intramolecular Hbond substituents is 1. The number of nitrogens with one attached hydrogen (secondary N) is 2. The number of carbonyl (C=O) groups is 4. The van der Waals surface area contributed by atoms with Crippen LogP contribution in [0.25, 0.3) is 0 Å². The molecule has 1 fully saturated rings. The van der Waals surface area contributed by atoms with Gasteiger partial charge in [0.25, 0.3) is 5.91 Å². The molecule has 1 atom stereocenters. The molecule has 1 unspecified atom stereocenters. The van der Waals surface area contributed by atoms with Crippen molar-refractivity contribution < 1.29 is 29.4 Å². The number of carboxylic acid groups (broad SMARTS) is 1. The Morgan fingerprint density at radius 3 is 2.38 bits per heavy atom. The first-order valence-corrected chi connectivity index (χ1v) is 13.5. The molecule has 1 saturated heterocycles. The van der Waals surface area contributed by atoms with Crippen LogP contribution in [-0.4, -0.2) is 83.1 Å². The molecule has 11 nitrogen and oxygen atoms in total. The molecule has 226 valence electrons. The highest BCUT2D eigenvalue weighted by Crippen LogP contribution is 2.37. The number of Topliss-reactive ketones (excluding diaryl/α,β-unsaturated/α-hetero) is 1. The van der Waals surface area contributed by atoms with Crippen LogP contribution in [0.1, 0.15) is 76.6 Å². The van der Waals surface area contributed by atoms with Crippen molar-refractivity contribution in [2.24, 2.45) is 0 Å². The van der Waals surface area contributed by atoms with Gasteiger partial charge in [-0.25, -0.2) is 4.79 Å². The van der Waals surface area contributed by atoms with Crippen molar-refractivity contribution >= 4 is 52.1 Å². The van der Waals surface area contributed by atoms with E-state index >= 15 is 0 Å². The van der Waals surface area contributed by atoms with Crippen LogP contribution in [-0.2, 0) is 28.1 Å². The van der Waals surface area contributed by atoms with E-state index in [-0.39, 0.29) is 72.1 Å². The average Bonchev–Trinajstić information content (AvgIpc) is 3.41. The van der Waals surface area contributed by atoms with Gasteiger partial charge in [0, 0.05) is 62.0 Å². The quantitative estimate of drug-likeness (QED) is 0.320. The summed E-state index contributed by atoms with van der Waals surface area (Å²) in [5, 5.41) is 32.1. The predicted molar refractivity (Wildman–Crippen MR) is 164 cm³/mol. The van der Waals surface area contributed by atoms with Gasteiger partial charge in [0.05, 0.1) is 18.7 Å². The molecule has 0 aliphatic carbocycles. The Hall–Kier alpha value is -3.93. The maximum absolute atomic E-state index is 13.6. The molecule has 0 spiro atoms. The lowest BCUT2D eigenvalue weighted by molar-refractivity contribution is -0.146. The van der Waals surface area contributed by atoms with E-state index in [1.165, 1.54) is 11.0 Å². The Bertz CT molecular complexity index is 1470. The van der Waals surface area contributed by atoms with E-state index in [1.54, 1.807) is 24.1 Å². The van der Waals surface area contributed by atoms with Gasteiger partial charge in [-0.3, -0.25) is 19.8 Å². The highest BCUT2D eigenvalue weighted by atomic mass is 79.9. The van der Waals surface area contributed by atoms with Crippen LogP contribution in [0, 0.1) is 5.41 Å². The number of halogens is 1. The second-order valence-electron chi connectivity index (χ2n) is 11.8. The summed E-state index contributed by atoms with van der Waals surface area (Å²) < 4.78 is 0. The molecular formula is C30H38BrN5O6. The first-order valence-electron chi connectivity index (χ1n) is 13.5. The van der Waals surface area contributed by atoms with Gasteiger partial charge in [0.1, 0.15) is 17.6 Å². The minimum atomic E-state index is -1.11. The van der Waals surface area contributed by atoms with E-state index in [1.807, 2.05) is 45.8 Å². The van der Waals surface area contributed by atoms with E-state index in [0.29, 0.717) is 40.0 Å². The standard InChI is InChI=1S/C30H37N5O6.BrH/c1-30(2,3)21-10-16(9-18(26(21)38)14-35-22(29(40)41)7-8-25(35)37)24(36)15-34-13-17-11-23(33(5)6)20(28(39)32-4)12-19(17)27(34)31;/h9-12,22,31,38H,7-8,13-15H2,1-6H3,(H,32,39)(H,40,41);1H. The number of ketones is 1. The van der Waals surface area contributed by atoms with Gasteiger partial charge in [-0.1, -0.05) is 20.8 Å². The van der Waals surface area contributed by atoms with E-state index in [0.717, 1.165) is 5.56 Å². The molecular weight excluding hydrogens is 606 g/mol. The molecule has 12 heteroatoms. The summed E-state index contributed by atoms with van der Waals surface area (Å²) in [4.78, 5) is 55.1. The number of hydrogen-bond acceptors (Lipinski definition) is 7. The van der Waals surface area contributed by atoms with Crippen molar-refractivity contribution in [2.45, 2.75) is 58.2 Å². The summed E-state index contributed by atoms with van der Waals surface area (Å²) in [5.41, 5.74) is 3.09. The number of benzene rings is 2. The number of hydrogen-bond donors (Lipinski definition) is 4. The van der Waals surface area contributed by atoms with Gasteiger partial charge in [-0.15, -0.1) is 17.0 Å². The second-order valence-corrected chi connectivity index (χ2v) is 11.8. The second kappa shape index (κ2) is 12.1. The highest BCUT2D eigenvalue weighted by Gasteiger charge is 2.37. The zero-order chi connectivity index (χ0) is 30.4. The SMILES string of the molecule is Br.CNC(=O)c1cc2c(cc1N(C)C)CN(CC(=O)c1cc(CN3C(=O)CCC3C(=O)O)c(O)c(C(C)(C)C)c1)C2=N. The minimum absolute atomic E-state index is 0. The normalized spacial score (nSPS) is 16.3. The van der Waals surface area contributed by atoms with Crippen molar-refractivity contribution in [1.82, 2.24) is 15.1 Å². The molecule has 2 heterocycles. The van der Waals surface area contributed by atoms with Gasteiger partial charge in [-0.05, 0) is 41.7 Å². The van der Waals surface area contributed by atoms with E-state index < -0.39 is 17.4 Å². The maximum atomic E-state index is 13.6. The number of amides is 2. The average molecular weight is 645 g/mol. The molecule has 42 heavy (non-hydrogen) atoms.